The van der Waals surface area contributed by atoms with Crippen LogP contribution in [0.5, 0.6) is 5.75 Å². The van der Waals surface area contributed by atoms with E-state index in [-0.39, 0.29) is 12.2 Å². The van der Waals surface area contributed by atoms with E-state index in [1.54, 1.807) is 25.5 Å². The number of thiazole rings is 1. The summed E-state index contributed by atoms with van der Waals surface area (Å²) in [6.07, 6.45) is 3.98. The molecule has 0 bridgehead atoms. The molecule has 0 fully saturated rings. The van der Waals surface area contributed by atoms with Gasteiger partial charge in [0, 0.05) is 34.2 Å². The molecule has 0 aliphatic carbocycles. The number of methoxy groups -OCH3 is 1. The summed E-state index contributed by atoms with van der Waals surface area (Å²) in [7, 11) is 1.58. The van der Waals surface area contributed by atoms with Gasteiger partial charge in [-0.3, -0.25) is 9.36 Å². The summed E-state index contributed by atoms with van der Waals surface area (Å²) in [6.45, 7) is 4.41. The van der Waals surface area contributed by atoms with E-state index in [4.69, 9.17) is 26.1 Å². The Morgan fingerprint density at radius 2 is 1.88 bits per heavy atom. The maximum atomic E-state index is 14.1. The van der Waals surface area contributed by atoms with E-state index in [1.807, 2.05) is 66.7 Å². The van der Waals surface area contributed by atoms with Crippen molar-refractivity contribution in [3.8, 4) is 5.75 Å². The van der Waals surface area contributed by atoms with Crippen LogP contribution in [0.15, 0.2) is 100 Å². The summed E-state index contributed by atoms with van der Waals surface area (Å²) in [6, 6.07) is 22.6. The lowest BCUT2D eigenvalue weighted by atomic mass is 9.95. The zero-order chi connectivity index (χ0) is 29.4. The van der Waals surface area contributed by atoms with Crippen molar-refractivity contribution in [1.82, 2.24) is 9.13 Å². The third kappa shape index (κ3) is 5.08. The number of carbonyl (C=O) groups is 1. The van der Waals surface area contributed by atoms with Gasteiger partial charge < -0.3 is 14.0 Å². The highest BCUT2D eigenvalue weighted by Gasteiger charge is 2.33. The van der Waals surface area contributed by atoms with Crippen molar-refractivity contribution in [2.75, 3.05) is 13.7 Å². The highest BCUT2D eigenvalue weighted by molar-refractivity contribution is 7.07. The molecule has 1 aliphatic heterocycles. The Labute approximate surface area is 251 Å². The Hall–Kier alpha value is -4.40. The highest BCUT2D eigenvalue weighted by atomic mass is 35.5. The first-order chi connectivity index (χ1) is 20.4. The average Bonchev–Trinajstić information content (AvgIpc) is 3.49. The quantitative estimate of drug-likeness (QED) is 0.233. The van der Waals surface area contributed by atoms with Crippen LogP contribution in [-0.2, 0) is 16.1 Å². The zero-order valence-corrected chi connectivity index (χ0v) is 24.9. The number of hydrogen-bond donors (Lipinski definition) is 0. The van der Waals surface area contributed by atoms with Gasteiger partial charge in [-0.2, -0.15) is 0 Å². The number of carbonyl (C=O) groups excluding carboxylic acids is 1. The summed E-state index contributed by atoms with van der Waals surface area (Å²) in [5, 5.41) is 1.73. The minimum absolute atomic E-state index is 0.213. The Morgan fingerprint density at radius 3 is 2.64 bits per heavy atom. The third-order valence-electron chi connectivity index (χ3n) is 7.30. The van der Waals surface area contributed by atoms with Crippen LogP contribution in [0.25, 0.3) is 17.0 Å². The van der Waals surface area contributed by atoms with Gasteiger partial charge in [-0.1, -0.05) is 65.4 Å². The van der Waals surface area contributed by atoms with E-state index >= 15 is 0 Å². The van der Waals surface area contributed by atoms with Crippen LogP contribution in [0, 0.1) is 0 Å². The van der Waals surface area contributed by atoms with E-state index in [9.17, 15) is 9.59 Å². The number of benzene rings is 3. The fourth-order valence-electron chi connectivity index (χ4n) is 5.37. The van der Waals surface area contributed by atoms with Crippen molar-refractivity contribution in [3.63, 3.8) is 0 Å². The smallest absolute Gasteiger partial charge is 0.338 e. The molecule has 0 N–H and O–H groups in total. The molecule has 1 aliphatic rings. The molecule has 42 heavy (non-hydrogen) atoms. The first kappa shape index (κ1) is 27.8. The van der Waals surface area contributed by atoms with Gasteiger partial charge in [-0.25, -0.2) is 9.79 Å². The van der Waals surface area contributed by atoms with Crippen molar-refractivity contribution < 1.29 is 14.3 Å². The largest absolute Gasteiger partial charge is 0.497 e. The summed E-state index contributed by atoms with van der Waals surface area (Å²) >= 11 is 7.40. The molecule has 7 nitrogen and oxygen atoms in total. The fourth-order valence-corrected chi connectivity index (χ4v) is 6.53. The SMILES string of the molecule is CCOC(=O)C1=C(C)N=c2s/c(=C/c3cn(Cc4ccc(Cl)cc4)c4ccccc34)c(=O)n2[C@@H]1c1cccc(OC)c1. The monoisotopic (exact) mass is 597 g/mol. The molecule has 3 heterocycles. The summed E-state index contributed by atoms with van der Waals surface area (Å²) in [4.78, 5) is 32.5. The molecule has 0 saturated carbocycles. The molecule has 1 atom stereocenters. The van der Waals surface area contributed by atoms with Crippen LogP contribution in [0.2, 0.25) is 5.02 Å². The Balaban J connectivity index is 1.51. The number of aromatic nitrogens is 2. The maximum Gasteiger partial charge on any atom is 0.338 e. The van der Waals surface area contributed by atoms with Gasteiger partial charge in [-0.05, 0) is 61.4 Å². The van der Waals surface area contributed by atoms with Crippen molar-refractivity contribution in [3.05, 3.63) is 132 Å². The lowest BCUT2D eigenvalue weighted by molar-refractivity contribution is -0.139. The minimum atomic E-state index is -0.705. The molecule has 6 rings (SSSR count). The van der Waals surface area contributed by atoms with Gasteiger partial charge in [-0.15, -0.1) is 0 Å². The standard InChI is InChI=1S/C33H28ClN3O4S/c1-4-41-32(39)29-20(2)35-33-37(30(29)22-8-7-9-25(16-22)40-3)31(38)28(42-33)17-23-19-36(27-11-6-5-10-26(23)27)18-21-12-14-24(34)15-13-21/h5-17,19,30H,4,18H2,1-3H3/b28-17+/t30-/m1/s1. The van der Waals surface area contributed by atoms with Crippen LogP contribution >= 0.6 is 22.9 Å². The molecule has 0 unspecified atom stereocenters. The second-order valence-corrected chi connectivity index (χ2v) is 11.4. The Bertz CT molecular complexity index is 2040. The predicted molar refractivity (Wildman–Crippen MR) is 166 cm³/mol. The Morgan fingerprint density at radius 1 is 1.10 bits per heavy atom. The maximum absolute atomic E-state index is 14.1. The summed E-state index contributed by atoms with van der Waals surface area (Å²) < 4.78 is 15.1. The molecule has 0 radical (unpaired) electrons. The number of nitrogens with zero attached hydrogens (tertiary/aromatic N) is 3. The zero-order valence-electron chi connectivity index (χ0n) is 23.3. The van der Waals surface area contributed by atoms with Crippen molar-refractivity contribution >= 4 is 45.9 Å². The predicted octanol–water partition coefficient (Wildman–Crippen LogP) is 5.46. The van der Waals surface area contributed by atoms with Gasteiger partial charge in [0.2, 0.25) is 0 Å². The lowest BCUT2D eigenvalue weighted by Crippen LogP contribution is -2.39. The van der Waals surface area contributed by atoms with Crippen LogP contribution in [0.1, 0.15) is 36.6 Å². The lowest BCUT2D eigenvalue weighted by Gasteiger charge is -2.25. The number of allylic oxidation sites excluding steroid dienone is 1. The molecule has 2 aromatic heterocycles. The number of fused-ring (bicyclic) bond motifs is 2. The third-order valence-corrected chi connectivity index (χ3v) is 8.53. The summed E-state index contributed by atoms with van der Waals surface area (Å²) in [5.41, 5.74) is 4.46. The number of rotatable bonds is 7. The molecule has 0 amide bonds. The van der Waals surface area contributed by atoms with Crippen LogP contribution < -0.4 is 19.6 Å². The number of hydrogen-bond acceptors (Lipinski definition) is 6. The average molecular weight is 598 g/mol. The number of esters is 1. The van der Waals surface area contributed by atoms with Crippen molar-refractivity contribution in [1.29, 1.82) is 0 Å². The number of para-hydroxylation sites is 1. The first-order valence-electron chi connectivity index (χ1n) is 13.5. The van der Waals surface area contributed by atoms with Gasteiger partial charge >= 0.3 is 5.97 Å². The fraction of sp³-hybridized carbons (Fsp3) is 0.182. The number of ether oxygens (including phenoxy) is 2. The van der Waals surface area contributed by atoms with Gasteiger partial charge in [0.25, 0.3) is 5.56 Å². The van der Waals surface area contributed by atoms with Gasteiger partial charge in [0.05, 0.1) is 35.6 Å². The van der Waals surface area contributed by atoms with Crippen molar-refractivity contribution in [2.45, 2.75) is 26.4 Å². The molecule has 0 saturated heterocycles. The van der Waals surface area contributed by atoms with Crippen LogP contribution in [-0.4, -0.2) is 28.8 Å². The molecule has 0 spiro atoms. The van der Waals surface area contributed by atoms with E-state index < -0.39 is 12.0 Å². The molecular weight excluding hydrogens is 570 g/mol. The molecule has 3 aromatic carbocycles. The van der Waals surface area contributed by atoms with Crippen LogP contribution in [0.3, 0.4) is 0 Å². The van der Waals surface area contributed by atoms with E-state index in [0.29, 0.717) is 37.9 Å². The molecular formula is C33H28ClN3O4S. The molecule has 9 heteroatoms. The van der Waals surface area contributed by atoms with E-state index in [1.165, 1.54) is 11.3 Å². The van der Waals surface area contributed by atoms with E-state index in [2.05, 4.69) is 22.9 Å². The minimum Gasteiger partial charge on any atom is -0.497 e. The van der Waals surface area contributed by atoms with Crippen molar-refractivity contribution in [2.24, 2.45) is 4.99 Å². The first-order valence-corrected chi connectivity index (χ1v) is 14.7. The second-order valence-electron chi connectivity index (χ2n) is 9.93. The van der Waals surface area contributed by atoms with Crippen LogP contribution in [0.4, 0.5) is 0 Å². The second kappa shape index (κ2) is 11.5. The summed E-state index contributed by atoms with van der Waals surface area (Å²) in [5.74, 6) is 0.132. The Kier molecular flexibility index (Phi) is 7.58. The molecule has 5 aromatic rings. The van der Waals surface area contributed by atoms with Gasteiger partial charge in [0.15, 0.2) is 4.80 Å². The van der Waals surface area contributed by atoms with Gasteiger partial charge in [0.1, 0.15) is 5.75 Å². The normalized spacial score (nSPS) is 15.0. The topological polar surface area (TPSA) is 74.8 Å². The van der Waals surface area contributed by atoms with E-state index in [0.717, 1.165) is 27.6 Å². The number of halogens is 1. The molecule has 212 valence electrons. The highest BCUT2D eigenvalue weighted by Crippen LogP contribution is 2.32.